The van der Waals surface area contributed by atoms with Crippen molar-refractivity contribution in [3.05, 3.63) is 0 Å². The number of hydrogen-bond donors (Lipinski definition) is 0. The van der Waals surface area contributed by atoms with E-state index in [2.05, 4.69) is 0 Å². The highest BCUT2D eigenvalue weighted by Crippen LogP contribution is 1.99. The number of rotatable bonds is 8. The fraction of sp³-hybridized carbons (Fsp3) is 0. The molecule has 0 aromatic carbocycles. The fourth-order valence-corrected chi connectivity index (χ4v) is 2.05. The van der Waals surface area contributed by atoms with Gasteiger partial charge in [0.25, 0.3) is 0 Å². The van der Waals surface area contributed by atoms with Gasteiger partial charge in [-0.3, -0.25) is 0 Å². The van der Waals surface area contributed by atoms with Crippen molar-refractivity contribution in [1.29, 1.82) is 0 Å². The molecule has 0 aliphatic heterocycles. The van der Waals surface area contributed by atoms with Crippen LogP contribution >= 0.6 is 0 Å². The highest BCUT2D eigenvalue weighted by atomic mass is 13.2. The van der Waals surface area contributed by atoms with Crippen molar-refractivity contribution in [2.45, 2.75) is 0 Å². The van der Waals surface area contributed by atoms with Crippen molar-refractivity contribution >= 4 is 136 Å². The second kappa shape index (κ2) is 9.29. The Kier molecular flexibility index (Phi) is 9.90. The Hall–Kier alpha value is 1.23. The Morgan fingerprint density at radius 1 is 0.421 bits per heavy atom. The molecule has 19 heavy (non-hydrogen) atoms. The van der Waals surface area contributed by atoms with E-state index < -0.39 is 51.1 Å². The molecule has 0 bridgehead atoms. The molecule has 21 radical (unpaired) electrons. The normalized spacial score (nSPS) is 9.05. The lowest BCUT2D eigenvalue weighted by atomic mass is 8.46. The number of hydrogen-bond acceptors (Lipinski definition) is 0. The maximum atomic E-state index is 5.72. The third-order valence-corrected chi connectivity index (χ3v) is 3.11. The van der Waals surface area contributed by atoms with Gasteiger partial charge in [0.1, 0.15) is 0 Å². The zero-order chi connectivity index (χ0) is 15.3. The van der Waals surface area contributed by atoms with Crippen LogP contribution in [0.3, 0.4) is 0 Å². The minimum atomic E-state index is -0.806. The average Bonchev–Trinajstić information content (AvgIpc) is 2.20. The first-order chi connectivity index (χ1) is 8.59. The molecule has 0 aliphatic carbocycles. The first kappa shape index (κ1) is 20.2. The van der Waals surface area contributed by atoms with Crippen LogP contribution in [0.2, 0.25) is 0 Å². The van der Waals surface area contributed by atoms with Crippen LogP contribution in [0.15, 0.2) is 0 Å². The molecule has 57 valence electrons. The minimum absolute atomic E-state index is 0.519. The van der Waals surface area contributed by atoms with Crippen LogP contribution < -0.4 is 0 Å². The summed E-state index contributed by atoms with van der Waals surface area (Å²) in [6.07, 6.45) is -5.56. The van der Waals surface area contributed by atoms with Gasteiger partial charge in [-0.05, 0) is 0 Å². The van der Waals surface area contributed by atoms with Gasteiger partial charge in [0.05, 0.1) is 0 Å². The maximum Gasteiger partial charge on any atom is 0 e. The van der Waals surface area contributed by atoms with Crippen molar-refractivity contribution < 1.29 is 0 Å². The predicted octanol–water partition coefficient (Wildman–Crippen LogP) is -7.24. The first-order valence-corrected chi connectivity index (χ1v) is 6.00. The van der Waals surface area contributed by atoms with E-state index in [9.17, 15) is 0 Å². The Morgan fingerprint density at radius 2 is 0.737 bits per heavy atom. The fourth-order valence-electron chi connectivity index (χ4n) is 2.05. The quantitative estimate of drug-likeness (QED) is 0.346. The van der Waals surface area contributed by atoms with E-state index in [0.717, 1.165) is 0 Å². The molecule has 0 heterocycles. The molecule has 0 aliphatic rings. The van der Waals surface area contributed by atoms with Crippen LogP contribution in [0.4, 0.5) is 0 Å². The Balaban J connectivity index is 5.09. The summed E-state index contributed by atoms with van der Waals surface area (Å²) in [7, 11) is 58.2. The van der Waals surface area contributed by atoms with Crippen LogP contribution in [0.5, 0.6) is 0 Å². The Labute approximate surface area is 135 Å². The summed E-state index contributed by atoms with van der Waals surface area (Å²) in [6.45, 7) is 0. The van der Waals surface area contributed by atoms with E-state index in [1.54, 1.807) is 7.06 Å². The zero-order valence-electron chi connectivity index (χ0n) is 11.0. The van der Waals surface area contributed by atoms with Crippen molar-refractivity contribution in [3.8, 4) is 0 Å². The molecular weight excluding hydrogens is 205 g/mol. The topological polar surface area (TPSA) is 0 Å². The van der Waals surface area contributed by atoms with Crippen molar-refractivity contribution in [3.63, 3.8) is 0 Å². The van der Waals surface area contributed by atoms with Gasteiger partial charge in [0, 0.05) is 136 Å². The zero-order valence-corrected chi connectivity index (χ0v) is 11.0. The van der Waals surface area contributed by atoms with E-state index in [4.69, 9.17) is 77.4 Å². The SMILES string of the molecule is [B]B([B])B([B]B(B([B])[B])B(B([B])[B])B([B])[B])B([B])[B]. The summed E-state index contributed by atoms with van der Waals surface area (Å²) < 4.78 is 0. The molecule has 0 atom stereocenters. The third kappa shape index (κ3) is 6.68. The molecule has 0 N–H and O–H groups in total. The van der Waals surface area contributed by atoms with Crippen molar-refractivity contribution in [2.24, 2.45) is 0 Å². The van der Waals surface area contributed by atoms with Crippen molar-refractivity contribution in [1.82, 2.24) is 0 Å². The van der Waals surface area contributed by atoms with E-state index in [0.29, 0.717) is 0 Å². The standard InChI is InChI=1S/B19/c1-12(2)17(13(3)4)11-18(14(5)6)19(15(7)8)16(9)10. The molecule has 0 aromatic rings. The van der Waals surface area contributed by atoms with E-state index in [1.807, 2.05) is 0 Å². The summed E-state index contributed by atoms with van der Waals surface area (Å²) in [5.41, 5.74) is 0. The maximum absolute atomic E-state index is 5.72. The van der Waals surface area contributed by atoms with E-state index in [1.165, 1.54) is 0 Å². The van der Waals surface area contributed by atoms with Gasteiger partial charge in [0.2, 0.25) is 0 Å². The Bertz CT molecular complexity index is 206. The molecule has 19 heteroatoms. The van der Waals surface area contributed by atoms with Gasteiger partial charge in [-0.15, -0.1) is 0 Å². The summed E-state index contributed by atoms with van der Waals surface area (Å²) in [6, 6.07) is 0. The lowest BCUT2D eigenvalue weighted by molar-refractivity contribution is 3.40. The molecule has 0 saturated heterocycles. The lowest BCUT2D eigenvalue weighted by Crippen LogP contribution is -2.74. The predicted molar refractivity (Wildman–Crippen MR) is 109 cm³/mol. The molecule has 0 fully saturated rings. The lowest BCUT2D eigenvalue weighted by Gasteiger charge is -2.35. The molecule has 0 unspecified atom stereocenters. The summed E-state index contributed by atoms with van der Waals surface area (Å²) >= 11 is 0. The molecule has 0 rings (SSSR count). The van der Waals surface area contributed by atoms with Crippen LogP contribution in [0.25, 0.3) is 0 Å². The molecule has 0 spiro atoms. The largest absolute Gasteiger partial charge is 0 e. The second-order valence-corrected chi connectivity index (χ2v) is 4.81. The molecule has 0 nitrogen and oxygen atoms in total. The smallest absolute Gasteiger partial charge is 0 e. The van der Waals surface area contributed by atoms with Gasteiger partial charge in [0.15, 0.2) is 0 Å². The molecular formula is B19. The average molecular weight is 205 g/mol. The highest BCUT2D eigenvalue weighted by molar-refractivity contribution is 8.12. The van der Waals surface area contributed by atoms with Crippen LogP contribution in [0.1, 0.15) is 0 Å². The summed E-state index contributed by atoms with van der Waals surface area (Å²) in [4.78, 5) is 0. The molecule has 0 aromatic heterocycles. The second-order valence-electron chi connectivity index (χ2n) is 4.81. The highest BCUT2D eigenvalue weighted by Gasteiger charge is 2.37. The van der Waals surface area contributed by atoms with Gasteiger partial charge in [-0.2, -0.15) is 0 Å². The van der Waals surface area contributed by atoms with Crippen LogP contribution in [-0.2, 0) is 0 Å². The Morgan fingerprint density at radius 3 is 0.947 bits per heavy atom. The van der Waals surface area contributed by atoms with Crippen LogP contribution in [-0.4, -0.2) is 136 Å². The first-order valence-electron chi connectivity index (χ1n) is 6.00. The van der Waals surface area contributed by atoms with Gasteiger partial charge < -0.3 is 0 Å². The van der Waals surface area contributed by atoms with Crippen LogP contribution in [0, 0.1) is 0 Å². The van der Waals surface area contributed by atoms with E-state index >= 15 is 0 Å². The van der Waals surface area contributed by atoms with E-state index in [-0.39, 0.29) is 0 Å². The monoisotopic (exact) mass is 209 g/mol. The van der Waals surface area contributed by atoms with Gasteiger partial charge >= 0.3 is 0 Å². The minimum Gasteiger partial charge on any atom is 0 e. The van der Waals surface area contributed by atoms with Crippen molar-refractivity contribution in [2.75, 3.05) is 0 Å². The van der Waals surface area contributed by atoms with Gasteiger partial charge in [-0.1, -0.05) is 0 Å². The third-order valence-electron chi connectivity index (χ3n) is 3.11. The molecule has 0 saturated carbocycles. The summed E-state index contributed by atoms with van der Waals surface area (Å²) in [5, 5.41) is 0. The summed E-state index contributed by atoms with van der Waals surface area (Å²) in [5.74, 6) is 0. The van der Waals surface area contributed by atoms with Gasteiger partial charge in [-0.25, -0.2) is 0 Å². The molecule has 0 amide bonds.